The van der Waals surface area contributed by atoms with Crippen molar-refractivity contribution >= 4 is 34.7 Å². The average molecular weight is 558 g/mol. The van der Waals surface area contributed by atoms with Crippen molar-refractivity contribution in [2.45, 2.75) is 38.3 Å². The van der Waals surface area contributed by atoms with Crippen LogP contribution in [0.5, 0.6) is 5.75 Å². The van der Waals surface area contributed by atoms with Gasteiger partial charge in [-0.1, -0.05) is 31.8 Å². The molecule has 10 nitrogen and oxygen atoms in total. The number of amides is 1. The molecule has 3 aliphatic rings. The van der Waals surface area contributed by atoms with Crippen molar-refractivity contribution in [3.05, 3.63) is 58.7 Å². The molecule has 0 radical (unpaired) electrons. The number of carbonyl (C=O) groups excluding carboxylic acids is 5. The first kappa shape index (κ1) is 28.2. The van der Waals surface area contributed by atoms with E-state index < -0.39 is 63.3 Å². The highest BCUT2D eigenvalue weighted by atomic mass is 16.3. The third kappa shape index (κ3) is 3.76. The third-order valence-electron chi connectivity index (χ3n) is 9.10. The maximum Gasteiger partial charge on any atom is 0.235 e. The monoisotopic (exact) mass is 557 g/mol. The van der Waals surface area contributed by atoms with E-state index in [4.69, 9.17) is 11.5 Å². The second-order valence-electron chi connectivity index (χ2n) is 12.1. The number of anilines is 1. The fourth-order valence-electron chi connectivity index (χ4n) is 7.59. The lowest BCUT2D eigenvalue weighted by Crippen LogP contribution is -2.79. The van der Waals surface area contributed by atoms with Crippen molar-refractivity contribution in [2.75, 3.05) is 19.8 Å². The predicted octanol–water partition coefficient (Wildman–Crippen LogP) is 0.629. The first-order valence-corrected chi connectivity index (χ1v) is 13.2. The molecule has 5 rings (SSSR count). The molecule has 0 aliphatic heterocycles. The topological polar surface area (TPSA) is 181 Å². The number of fused-ring (bicyclic) bond motifs is 3. The zero-order chi connectivity index (χ0) is 30.2. The van der Waals surface area contributed by atoms with E-state index in [1.54, 1.807) is 51.4 Å². The van der Waals surface area contributed by atoms with Gasteiger partial charge in [-0.15, -0.1) is 0 Å². The number of hydrogen-bond donors (Lipinski definition) is 4. The van der Waals surface area contributed by atoms with E-state index in [1.807, 2.05) is 0 Å². The molecule has 0 aromatic heterocycles. The van der Waals surface area contributed by atoms with Crippen molar-refractivity contribution in [2.24, 2.45) is 28.4 Å². The maximum atomic E-state index is 14.2. The number of nitrogens with two attached hydrogens (primary N) is 2. The summed E-state index contributed by atoms with van der Waals surface area (Å²) in [6.45, 7) is 3.16. The van der Waals surface area contributed by atoms with Crippen LogP contribution >= 0.6 is 0 Å². The van der Waals surface area contributed by atoms with E-state index in [2.05, 4.69) is 11.8 Å². The zero-order valence-electron chi connectivity index (χ0n) is 23.1. The summed E-state index contributed by atoms with van der Waals surface area (Å²) in [5, 5.41) is 22.7. The number of nitrogens with zero attached hydrogens (tertiary/aromatic N) is 1. The molecule has 10 heteroatoms. The minimum atomic E-state index is -2.84. The summed E-state index contributed by atoms with van der Waals surface area (Å²) >= 11 is 0. The molecule has 2 aromatic carbocycles. The molecular weight excluding hydrogens is 526 g/mol. The minimum absolute atomic E-state index is 0.0905. The van der Waals surface area contributed by atoms with Gasteiger partial charge in [-0.05, 0) is 68.2 Å². The van der Waals surface area contributed by atoms with Crippen molar-refractivity contribution in [3.8, 4) is 17.6 Å². The number of primary amides is 1. The molecule has 3 aliphatic carbocycles. The van der Waals surface area contributed by atoms with Crippen LogP contribution in [-0.4, -0.2) is 69.9 Å². The van der Waals surface area contributed by atoms with Gasteiger partial charge in [-0.3, -0.25) is 28.9 Å². The van der Waals surface area contributed by atoms with E-state index in [0.717, 1.165) is 0 Å². The number of phenolic OH excluding ortho intramolecular Hbond substituents is 1. The fourth-order valence-corrected chi connectivity index (χ4v) is 7.59. The molecule has 6 atom stereocenters. The van der Waals surface area contributed by atoms with Crippen LogP contribution in [0.1, 0.15) is 47.3 Å². The molecule has 0 saturated heterocycles. The number of carbonyl (C=O) groups is 5. The Labute approximate surface area is 236 Å². The summed E-state index contributed by atoms with van der Waals surface area (Å²) in [7, 11) is 3.09. The molecule has 0 bridgehead atoms. The average Bonchev–Trinajstić information content (AvgIpc) is 2.85. The summed E-state index contributed by atoms with van der Waals surface area (Å²) in [4.78, 5) is 69.1. The highest BCUT2D eigenvalue weighted by Gasteiger charge is 2.76. The second-order valence-corrected chi connectivity index (χ2v) is 12.1. The number of phenols is 1. The van der Waals surface area contributed by atoms with Gasteiger partial charge in [-0.2, -0.15) is 0 Å². The number of nitrogen functional groups attached to an aromatic ring is 1. The molecule has 2 aromatic rings. The normalized spacial score (nSPS) is 32.5. The summed E-state index contributed by atoms with van der Waals surface area (Å²) in [5.74, 6) is -3.11. The Balaban J connectivity index is 1.70. The van der Waals surface area contributed by atoms with Gasteiger partial charge in [0, 0.05) is 22.2 Å². The number of aromatic hydroxyl groups is 1. The van der Waals surface area contributed by atoms with E-state index in [1.165, 1.54) is 17.9 Å². The number of Topliss-reactive ketones (excluding diaryl/α,β-unsaturated/α-hetero) is 4. The van der Waals surface area contributed by atoms with Crippen LogP contribution in [0.3, 0.4) is 0 Å². The molecule has 0 heterocycles. The Bertz CT molecular complexity index is 1640. The van der Waals surface area contributed by atoms with Crippen LogP contribution in [0, 0.1) is 34.5 Å². The summed E-state index contributed by atoms with van der Waals surface area (Å²) in [6, 6.07) is 8.62. The molecule has 41 heavy (non-hydrogen) atoms. The first-order valence-electron chi connectivity index (χ1n) is 13.2. The minimum Gasteiger partial charge on any atom is -0.507 e. The van der Waals surface area contributed by atoms with Crippen LogP contribution in [0.4, 0.5) is 5.69 Å². The fraction of sp³-hybridized carbons (Fsp3) is 0.387. The lowest BCUT2D eigenvalue weighted by atomic mass is 9.42. The van der Waals surface area contributed by atoms with Crippen molar-refractivity contribution in [1.29, 1.82) is 0 Å². The van der Waals surface area contributed by atoms with Gasteiger partial charge in [0.15, 0.2) is 34.7 Å². The van der Waals surface area contributed by atoms with Crippen LogP contribution in [0.15, 0.2) is 36.4 Å². The van der Waals surface area contributed by atoms with Crippen LogP contribution in [0.2, 0.25) is 0 Å². The van der Waals surface area contributed by atoms with Gasteiger partial charge in [0.2, 0.25) is 5.91 Å². The van der Waals surface area contributed by atoms with Crippen LogP contribution in [-0.2, 0) is 25.6 Å². The SMILES string of the molecule is CN(C)[C@@H]1C(=O)C(C(N)=O)C(=O)[C@@]2(O)C(=O)C3C(=O)c4c(O)ccc(C#Cc5cccc(N)c5)c4C[C@@]3(C)C[C@@]12C. The number of hydrogen-bond acceptors (Lipinski definition) is 9. The molecule has 2 saturated carbocycles. The van der Waals surface area contributed by atoms with Gasteiger partial charge < -0.3 is 21.7 Å². The number of likely N-dealkylation sites (N-methyl/N-ethyl adjacent to an activating group) is 1. The van der Waals surface area contributed by atoms with Gasteiger partial charge in [0.1, 0.15) is 5.75 Å². The Hall–Kier alpha value is -4.33. The molecule has 2 fully saturated rings. The molecule has 0 spiro atoms. The predicted molar refractivity (Wildman–Crippen MR) is 147 cm³/mol. The Morgan fingerprint density at radius 1 is 1.05 bits per heavy atom. The van der Waals surface area contributed by atoms with Crippen LogP contribution in [0.25, 0.3) is 0 Å². The molecule has 6 N–H and O–H groups in total. The molecule has 2 unspecified atom stereocenters. The van der Waals surface area contributed by atoms with Crippen LogP contribution < -0.4 is 11.5 Å². The lowest BCUT2D eigenvalue weighted by molar-refractivity contribution is -0.203. The smallest absolute Gasteiger partial charge is 0.235 e. The number of rotatable bonds is 2. The first-order chi connectivity index (χ1) is 19.1. The summed E-state index contributed by atoms with van der Waals surface area (Å²) < 4.78 is 0. The number of benzene rings is 2. The molecule has 212 valence electrons. The number of aliphatic hydroxyl groups is 1. The lowest BCUT2D eigenvalue weighted by Gasteiger charge is -2.61. The highest BCUT2D eigenvalue weighted by molar-refractivity contribution is 6.33. The summed E-state index contributed by atoms with van der Waals surface area (Å²) in [6.07, 6.45) is -0.00505. The van der Waals surface area contributed by atoms with E-state index in [9.17, 15) is 34.2 Å². The van der Waals surface area contributed by atoms with Gasteiger partial charge in [-0.25, -0.2) is 0 Å². The zero-order valence-corrected chi connectivity index (χ0v) is 23.1. The van der Waals surface area contributed by atoms with E-state index >= 15 is 0 Å². The largest absolute Gasteiger partial charge is 0.507 e. The Morgan fingerprint density at radius 2 is 1.73 bits per heavy atom. The van der Waals surface area contributed by atoms with Crippen molar-refractivity contribution < 1.29 is 34.2 Å². The quantitative estimate of drug-likeness (QED) is 0.234. The maximum absolute atomic E-state index is 14.2. The molecule has 1 amide bonds. The van der Waals surface area contributed by atoms with Gasteiger partial charge in [0.05, 0.1) is 17.5 Å². The van der Waals surface area contributed by atoms with Crippen molar-refractivity contribution in [1.82, 2.24) is 4.90 Å². The molecular formula is C31H31N3O7. The standard InChI is InChI=1S/C31H31N3O7/c1-29-13-18-16(9-8-15-6-5-7-17(32)12-15)10-11-19(35)20(18)23(36)22(29)27(39)31(41)26(38)21(28(33)40)24(37)25(34(3)4)30(31,2)14-29/h5-7,10-12,21-22,25,35,41H,13-14,32H2,1-4H3,(H2,33,40)/t21?,22?,25-,29+,30+,31-/m1/s1. The van der Waals surface area contributed by atoms with E-state index in [-0.39, 0.29) is 24.2 Å². The summed E-state index contributed by atoms with van der Waals surface area (Å²) in [5.41, 5.74) is 7.51. The third-order valence-corrected chi connectivity index (χ3v) is 9.10. The Morgan fingerprint density at radius 3 is 2.34 bits per heavy atom. The van der Waals surface area contributed by atoms with Gasteiger partial charge >= 0.3 is 0 Å². The van der Waals surface area contributed by atoms with Crippen molar-refractivity contribution in [3.63, 3.8) is 0 Å². The number of ketones is 4. The van der Waals surface area contributed by atoms with Gasteiger partial charge in [0.25, 0.3) is 0 Å². The van der Waals surface area contributed by atoms with E-state index in [0.29, 0.717) is 22.4 Å². The highest BCUT2D eigenvalue weighted by Crippen LogP contribution is 2.61. The second kappa shape index (κ2) is 9.09. The Kier molecular flexibility index (Phi) is 6.26.